The average Bonchev–Trinajstić information content (AvgIpc) is 2.80. The number of aliphatic hydroxyl groups is 1. The number of rotatable bonds is 2. The van der Waals surface area contributed by atoms with Crippen molar-refractivity contribution in [3.63, 3.8) is 0 Å². The number of halogens is 3. The van der Waals surface area contributed by atoms with E-state index in [2.05, 4.69) is 15.9 Å². The van der Waals surface area contributed by atoms with Crippen LogP contribution in [0.5, 0.6) is 0 Å². The molecule has 1 aromatic carbocycles. The molecule has 0 heterocycles. The Hall–Kier alpha value is -0.480. The van der Waals surface area contributed by atoms with Gasteiger partial charge in [-0.1, -0.05) is 15.9 Å². The van der Waals surface area contributed by atoms with E-state index in [1.165, 1.54) is 0 Å². The van der Waals surface area contributed by atoms with E-state index in [0.29, 0.717) is 16.5 Å². The summed E-state index contributed by atoms with van der Waals surface area (Å²) in [6, 6.07) is 2.23. The molecule has 1 nitrogen and oxygen atoms in total. The van der Waals surface area contributed by atoms with Gasteiger partial charge in [0, 0.05) is 10.9 Å². The monoisotopic (exact) mass is 262 g/mol. The molecule has 14 heavy (non-hydrogen) atoms. The third-order valence-electron chi connectivity index (χ3n) is 2.44. The first kappa shape index (κ1) is 10.1. The molecule has 4 heteroatoms. The van der Waals surface area contributed by atoms with Crippen LogP contribution in [0.4, 0.5) is 8.78 Å². The second kappa shape index (κ2) is 3.28. The van der Waals surface area contributed by atoms with Crippen LogP contribution in [0.25, 0.3) is 0 Å². The fourth-order valence-electron chi connectivity index (χ4n) is 1.37. The Morgan fingerprint density at radius 1 is 1.29 bits per heavy atom. The van der Waals surface area contributed by atoms with Crippen molar-refractivity contribution in [1.82, 2.24) is 0 Å². The number of hydrogen-bond acceptors (Lipinski definition) is 1. The van der Waals surface area contributed by atoms with Crippen molar-refractivity contribution >= 4 is 15.9 Å². The van der Waals surface area contributed by atoms with Gasteiger partial charge in [-0.3, -0.25) is 0 Å². The largest absolute Gasteiger partial charge is 0.390 e. The molecule has 76 valence electrons. The molecule has 1 saturated carbocycles. The van der Waals surface area contributed by atoms with Gasteiger partial charge >= 0.3 is 0 Å². The molecule has 1 aliphatic carbocycles. The molecule has 2 rings (SSSR count). The summed E-state index contributed by atoms with van der Waals surface area (Å²) in [6.45, 7) is 0. The molecule has 0 unspecified atom stereocenters. The van der Waals surface area contributed by atoms with E-state index in [4.69, 9.17) is 0 Å². The summed E-state index contributed by atoms with van der Waals surface area (Å²) in [6.07, 6.45) is 1.85. The van der Waals surface area contributed by atoms with Crippen LogP contribution in [-0.4, -0.2) is 10.7 Å². The summed E-state index contributed by atoms with van der Waals surface area (Å²) in [4.78, 5) is 0. The molecule has 1 fully saturated rings. The quantitative estimate of drug-likeness (QED) is 0.813. The summed E-state index contributed by atoms with van der Waals surface area (Å²) in [5.41, 5.74) is -0.0730. The van der Waals surface area contributed by atoms with Crippen molar-refractivity contribution in [3.8, 4) is 0 Å². The molecule has 0 saturated heterocycles. The van der Waals surface area contributed by atoms with Gasteiger partial charge in [-0.25, -0.2) is 8.78 Å². The third-order valence-corrected chi connectivity index (χ3v) is 3.17. The smallest absolute Gasteiger partial charge is 0.159 e. The van der Waals surface area contributed by atoms with E-state index in [1.54, 1.807) is 0 Å². The molecule has 0 spiro atoms. The Morgan fingerprint density at radius 3 is 2.43 bits per heavy atom. The highest BCUT2D eigenvalue weighted by Crippen LogP contribution is 2.39. The highest BCUT2D eigenvalue weighted by Gasteiger charge is 2.40. The minimum Gasteiger partial charge on any atom is -0.390 e. The topological polar surface area (TPSA) is 20.2 Å². The van der Waals surface area contributed by atoms with E-state index in [-0.39, 0.29) is 0 Å². The van der Waals surface area contributed by atoms with Crippen LogP contribution in [-0.2, 0) is 6.42 Å². The van der Waals surface area contributed by atoms with Gasteiger partial charge in [-0.15, -0.1) is 0 Å². The van der Waals surface area contributed by atoms with Crippen LogP contribution < -0.4 is 0 Å². The van der Waals surface area contributed by atoms with Crippen molar-refractivity contribution in [3.05, 3.63) is 33.8 Å². The van der Waals surface area contributed by atoms with Crippen molar-refractivity contribution in [2.24, 2.45) is 0 Å². The molecule has 0 atom stereocenters. The van der Waals surface area contributed by atoms with Gasteiger partial charge in [-0.05, 0) is 30.5 Å². The van der Waals surface area contributed by atoms with Gasteiger partial charge in [0.2, 0.25) is 0 Å². The van der Waals surface area contributed by atoms with Gasteiger partial charge in [-0.2, -0.15) is 0 Å². The first-order chi connectivity index (χ1) is 6.50. The van der Waals surface area contributed by atoms with Crippen LogP contribution in [0, 0.1) is 11.6 Å². The Kier molecular flexibility index (Phi) is 2.35. The predicted octanol–water partition coefficient (Wildman–Crippen LogP) is 2.79. The second-order valence-corrected chi connectivity index (χ2v) is 4.61. The molecule has 1 N–H and O–H groups in total. The van der Waals surface area contributed by atoms with E-state index < -0.39 is 17.2 Å². The molecule has 0 amide bonds. The molecule has 1 aliphatic rings. The summed E-state index contributed by atoms with van der Waals surface area (Å²) in [5, 5.41) is 9.63. The molecule has 0 radical (unpaired) electrons. The van der Waals surface area contributed by atoms with E-state index >= 15 is 0 Å². The van der Waals surface area contributed by atoms with Crippen LogP contribution in [0.3, 0.4) is 0 Å². The zero-order valence-electron chi connectivity index (χ0n) is 7.36. The Balaban J connectivity index is 2.29. The van der Waals surface area contributed by atoms with Crippen molar-refractivity contribution in [2.75, 3.05) is 0 Å². The molecule has 0 bridgehead atoms. The summed E-state index contributed by atoms with van der Waals surface area (Å²) < 4.78 is 26.1. The highest BCUT2D eigenvalue weighted by molar-refractivity contribution is 9.10. The predicted molar refractivity (Wildman–Crippen MR) is 51.9 cm³/mol. The van der Waals surface area contributed by atoms with Crippen LogP contribution in [0.2, 0.25) is 0 Å². The molecule has 0 aliphatic heterocycles. The second-order valence-electron chi connectivity index (χ2n) is 3.76. The Morgan fingerprint density at radius 2 is 1.86 bits per heavy atom. The number of hydrogen-bond donors (Lipinski definition) is 1. The zero-order chi connectivity index (χ0) is 10.3. The van der Waals surface area contributed by atoms with Crippen LogP contribution >= 0.6 is 15.9 Å². The van der Waals surface area contributed by atoms with Gasteiger partial charge in [0.05, 0.1) is 5.60 Å². The van der Waals surface area contributed by atoms with Crippen molar-refractivity contribution in [1.29, 1.82) is 0 Å². The minimum atomic E-state index is -0.872. The van der Waals surface area contributed by atoms with Gasteiger partial charge < -0.3 is 5.11 Å². The third kappa shape index (κ3) is 1.96. The van der Waals surface area contributed by atoms with Crippen LogP contribution in [0.1, 0.15) is 18.4 Å². The van der Waals surface area contributed by atoms with Gasteiger partial charge in [0.15, 0.2) is 11.6 Å². The lowest BCUT2D eigenvalue weighted by atomic mass is 10.1. The zero-order valence-corrected chi connectivity index (χ0v) is 8.94. The summed E-state index contributed by atoms with van der Waals surface area (Å²) in [7, 11) is 0. The average molecular weight is 263 g/mol. The lowest BCUT2D eigenvalue weighted by Gasteiger charge is -2.09. The fourth-order valence-corrected chi connectivity index (χ4v) is 1.83. The number of benzene rings is 1. The Bertz CT molecular complexity index is 375. The summed E-state index contributed by atoms with van der Waals surface area (Å²) in [5.74, 6) is -1.74. The highest BCUT2D eigenvalue weighted by atomic mass is 79.9. The van der Waals surface area contributed by atoms with E-state index in [0.717, 1.165) is 25.0 Å². The van der Waals surface area contributed by atoms with E-state index in [9.17, 15) is 13.9 Å². The SMILES string of the molecule is OC1(Cc2cc(F)c(F)cc2Br)CC1. The molecular weight excluding hydrogens is 254 g/mol. The Labute approximate surface area is 88.9 Å². The standard InChI is InChI=1S/C10H9BrF2O/c11-7-4-9(13)8(12)3-6(7)5-10(14)1-2-10/h3-4,14H,1-2,5H2. The van der Waals surface area contributed by atoms with Crippen molar-refractivity contribution in [2.45, 2.75) is 24.9 Å². The first-order valence-corrected chi connectivity index (χ1v) is 5.15. The van der Waals surface area contributed by atoms with Crippen molar-refractivity contribution < 1.29 is 13.9 Å². The van der Waals surface area contributed by atoms with Gasteiger partial charge in [0.25, 0.3) is 0 Å². The molecule has 1 aromatic rings. The lowest BCUT2D eigenvalue weighted by Crippen LogP contribution is -2.11. The van der Waals surface area contributed by atoms with E-state index in [1.807, 2.05) is 0 Å². The maximum absolute atomic E-state index is 12.9. The lowest BCUT2D eigenvalue weighted by molar-refractivity contribution is 0.150. The van der Waals surface area contributed by atoms with Crippen LogP contribution in [0.15, 0.2) is 16.6 Å². The fraction of sp³-hybridized carbons (Fsp3) is 0.400. The normalized spacial score (nSPS) is 18.3. The first-order valence-electron chi connectivity index (χ1n) is 4.36. The maximum atomic E-state index is 12.9. The minimum absolute atomic E-state index is 0.380. The summed E-state index contributed by atoms with van der Waals surface area (Å²) >= 11 is 3.14. The molecular formula is C10H9BrF2O. The molecule has 0 aromatic heterocycles. The van der Waals surface area contributed by atoms with Gasteiger partial charge in [0.1, 0.15) is 0 Å². The maximum Gasteiger partial charge on any atom is 0.159 e.